The first-order valence-corrected chi connectivity index (χ1v) is 6.04. The number of hydrogen-bond donors (Lipinski definition) is 0. The second kappa shape index (κ2) is 2.76. The van der Waals surface area contributed by atoms with E-state index in [9.17, 15) is 0 Å². The minimum atomic E-state index is 0.810. The highest BCUT2D eigenvalue weighted by molar-refractivity contribution is 5.77. The Morgan fingerprint density at radius 2 is 1.62 bits per heavy atom. The fourth-order valence-electron chi connectivity index (χ4n) is 3.18. The summed E-state index contributed by atoms with van der Waals surface area (Å²) >= 11 is 0. The largest absolute Gasteiger partial charge is 0.0619 e. The predicted molar refractivity (Wildman–Crippen MR) is 66.7 cm³/mol. The van der Waals surface area contributed by atoms with Crippen LogP contribution in [0.5, 0.6) is 0 Å². The lowest BCUT2D eigenvalue weighted by molar-refractivity contribution is 1.00. The van der Waals surface area contributed by atoms with Gasteiger partial charge in [-0.15, -0.1) is 0 Å². The lowest BCUT2D eigenvalue weighted by Crippen LogP contribution is -1.99. The molecule has 16 heavy (non-hydrogen) atoms. The van der Waals surface area contributed by atoms with Gasteiger partial charge >= 0.3 is 0 Å². The van der Waals surface area contributed by atoms with Gasteiger partial charge in [0.25, 0.3) is 0 Å². The minimum Gasteiger partial charge on any atom is -0.0619 e. The molecule has 4 rings (SSSR count). The van der Waals surface area contributed by atoms with E-state index < -0.39 is 0 Å². The normalized spacial score (nSPS) is 24.3. The highest BCUT2D eigenvalue weighted by Gasteiger charge is 2.45. The van der Waals surface area contributed by atoms with Gasteiger partial charge in [-0.2, -0.15) is 0 Å². The molecule has 0 radical (unpaired) electrons. The Kier molecular flexibility index (Phi) is 1.48. The van der Waals surface area contributed by atoms with Crippen molar-refractivity contribution >= 4 is 0 Å². The molecular weight excluding hydrogens is 192 g/mol. The molecule has 2 aromatic rings. The van der Waals surface area contributed by atoms with Crippen LogP contribution in [-0.2, 0) is 0 Å². The molecule has 0 N–H and O–H groups in total. The maximum atomic E-state index is 2.38. The molecule has 0 bridgehead atoms. The Morgan fingerprint density at radius 3 is 2.56 bits per heavy atom. The molecule has 78 valence electrons. The molecule has 0 aromatic heterocycles. The first-order valence-electron chi connectivity index (χ1n) is 6.04. The SMILES string of the molecule is Cc1ccc2c(c1)C1CC1c1ccccc1-2. The summed E-state index contributed by atoms with van der Waals surface area (Å²) < 4.78 is 0. The highest BCUT2D eigenvalue weighted by atomic mass is 14.5. The summed E-state index contributed by atoms with van der Waals surface area (Å²) in [5.74, 6) is 1.62. The number of hydrogen-bond acceptors (Lipinski definition) is 0. The van der Waals surface area contributed by atoms with Gasteiger partial charge in [-0.05, 0) is 47.4 Å². The molecule has 2 aliphatic rings. The zero-order valence-electron chi connectivity index (χ0n) is 9.40. The zero-order valence-corrected chi connectivity index (χ0v) is 9.40. The van der Waals surface area contributed by atoms with E-state index in [1.807, 2.05) is 0 Å². The van der Waals surface area contributed by atoms with Gasteiger partial charge in [0.1, 0.15) is 0 Å². The zero-order chi connectivity index (χ0) is 10.7. The van der Waals surface area contributed by atoms with E-state index in [0.29, 0.717) is 0 Å². The molecule has 2 unspecified atom stereocenters. The van der Waals surface area contributed by atoms with Crippen LogP contribution in [0, 0.1) is 6.92 Å². The van der Waals surface area contributed by atoms with Crippen molar-refractivity contribution in [1.82, 2.24) is 0 Å². The quantitative estimate of drug-likeness (QED) is 0.604. The van der Waals surface area contributed by atoms with E-state index >= 15 is 0 Å². The van der Waals surface area contributed by atoms with Crippen LogP contribution in [0.3, 0.4) is 0 Å². The van der Waals surface area contributed by atoms with Crippen LogP contribution in [-0.4, -0.2) is 0 Å². The maximum absolute atomic E-state index is 2.38. The minimum absolute atomic E-state index is 0.810. The predicted octanol–water partition coefficient (Wildman–Crippen LogP) is 4.25. The molecule has 2 aromatic carbocycles. The lowest BCUT2D eigenvalue weighted by atomic mass is 9.85. The topological polar surface area (TPSA) is 0 Å². The third-order valence-corrected chi connectivity index (χ3v) is 4.05. The van der Waals surface area contributed by atoms with Crippen LogP contribution in [0.25, 0.3) is 11.1 Å². The molecule has 0 heteroatoms. The van der Waals surface area contributed by atoms with E-state index in [1.165, 1.54) is 23.1 Å². The molecule has 0 nitrogen and oxygen atoms in total. The Labute approximate surface area is 95.9 Å². The fraction of sp³-hybridized carbons (Fsp3) is 0.250. The average molecular weight is 206 g/mol. The van der Waals surface area contributed by atoms with Crippen molar-refractivity contribution in [3.8, 4) is 11.1 Å². The standard InChI is InChI=1S/C16H14/c1-10-6-7-13-11-4-2-3-5-12(11)15-9-16(15)14(13)8-10/h2-8,15-16H,9H2,1H3. The van der Waals surface area contributed by atoms with Crippen molar-refractivity contribution in [1.29, 1.82) is 0 Å². The summed E-state index contributed by atoms with van der Waals surface area (Å²) in [7, 11) is 0. The first-order chi connectivity index (χ1) is 7.84. The monoisotopic (exact) mass is 206 g/mol. The second-order valence-corrected chi connectivity index (χ2v) is 5.13. The summed E-state index contributed by atoms with van der Waals surface area (Å²) in [4.78, 5) is 0. The summed E-state index contributed by atoms with van der Waals surface area (Å²) in [6.07, 6.45) is 1.35. The Morgan fingerprint density at radius 1 is 0.875 bits per heavy atom. The number of benzene rings is 2. The van der Waals surface area contributed by atoms with E-state index in [-0.39, 0.29) is 0 Å². The number of rotatable bonds is 0. The molecule has 0 saturated heterocycles. The molecule has 1 fully saturated rings. The summed E-state index contributed by atoms with van der Waals surface area (Å²) in [6, 6.07) is 15.8. The highest BCUT2D eigenvalue weighted by Crippen LogP contribution is 2.61. The molecule has 1 saturated carbocycles. The summed E-state index contributed by atoms with van der Waals surface area (Å²) in [6.45, 7) is 2.19. The van der Waals surface area contributed by atoms with Crippen molar-refractivity contribution in [2.75, 3.05) is 0 Å². The van der Waals surface area contributed by atoms with Gasteiger partial charge in [0.2, 0.25) is 0 Å². The van der Waals surface area contributed by atoms with Gasteiger partial charge in [0, 0.05) is 0 Å². The van der Waals surface area contributed by atoms with Gasteiger partial charge in [0.05, 0.1) is 0 Å². The molecule has 0 heterocycles. The van der Waals surface area contributed by atoms with Crippen molar-refractivity contribution < 1.29 is 0 Å². The molecule has 2 atom stereocenters. The smallest absolute Gasteiger partial charge is 0.00804 e. The average Bonchev–Trinajstić information content (AvgIpc) is 3.09. The van der Waals surface area contributed by atoms with Crippen LogP contribution in [0.1, 0.15) is 34.9 Å². The molecule has 0 amide bonds. The van der Waals surface area contributed by atoms with Gasteiger partial charge in [0.15, 0.2) is 0 Å². The molecular formula is C16H14. The fourth-order valence-corrected chi connectivity index (χ4v) is 3.18. The second-order valence-electron chi connectivity index (χ2n) is 5.13. The van der Waals surface area contributed by atoms with Crippen LogP contribution in [0.15, 0.2) is 42.5 Å². The first kappa shape index (κ1) is 8.58. The lowest BCUT2D eigenvalue weighted by Gasteiger charge is -2.19. The van der Waals surface area contributed by atoms with Crippen molar-refractivity contribution in [3.05, 3.63) is 59.2 Å². The number of aryl methyl sites for hydroxylation is 1. The summed E-state index contributed by atoms with van der Waals surface area (Å²) in [5, 5.41) is 0. The van der Waals surface area contributed by atoms with E-state index in [2.05, 4.69) is 49.4 Å². The van der Waals surface area contributed by atoms with Crippen molar-refractivity contribution in [3.63, 3.8) is 0 Å². The van der Waals surface area contributed by atoms with Crippen molar-refractivity contribution in [2.45, 2.75) is 25.2 Å². The Hall–Kier alpha value is -1.56. The van der Waals surface area contributed by atoms with E-state index in [0.717, 1.165) is 11.8 Å². The molecule has 0 spiro atoms. The van der Waals surface area contributed by atoms with Crippen LogP contribution >= 0.6 is 0 Å². The van der Waals surface area contributed by atoms with Crippen LogP contribution < -0.4 is 0 Å². The van der Waals surface area contributed by atoms with Crippen LogP contribution in [0.4, 0.5) is 0 Å². The third-order valence-electron chi connectivity index (χ3n) is 4.05. The maximum Gasteiger partial charge on any atom is -0.00804 e. The van der Waals surface area contributed by atoms with Crippen molar-refractivity contribution in [2.24, 2.45) is 0 Å². The molecule has 0 aliphatic heterocycles. The Bertz CT molecular complexity index is 580. The van der Waals surface area contributed by atoms with E-state index in [4.69, 9.17) is 0 Å². The third kappa shape index (κ3) is 0.996. The van der Waals surface area contributed by atoms with Gasteiger partial charge in [-0.25, -0.2) is 0 Å². The van der Waals surface area contributed by atoms with Gasteiger partial charge in [-0.3, -0.25) is 0 Å². The van der Waals surface area contributed by atoms with E-state index in [1.54, 1.807) is 11.1 Å². The summed E-state index contributed by atoms with van der Waals surface area (Å²) in [5.41, 5.74) is 7.49. The van der Waals surface area contributed by atoms with Gasteiger partial charge < -0.3 is 0 Å². The number of fused-ring (bicyclic) bond motifs is 6. The van der Waals surface area contributed by atoms with Gasteiger partial charge in [-0.1, -0.05) is 48.0 Å². The Balaban J connectivity index is 2.06. The molecule has 2 aliphatic carbocycles. The van der Waals surface area contributed by atoms with Crippen LogP contribution in [0.2, 0.25) is 0 Å².